The number of hydrogen-bond donors (Lipinski definition) is 0. The minimum atomic E-state index is 0.876. The fourth-order valence-electron chi connectivity index (χ4n) is 3.85. The zero-order chi connectivity index (χ0) is 18.2. The first-order chi connectivity index (χ1) is 13.3. The third kappa shape index (κ3) is 2.80. The molecule has 0 spiro atoms. The number of fused-ring (bicyclic) bond motifs is 3. The van der Waals surface area contributed by atoms with E-state index in [-0.39, 0.29) is 0 Å². The fourth-order valence-corrected chi connectivity index (χ4v) is 3.85. The quantitative estimate of drug-likeness (QED) is 0.379. The van der Waals surface area contributed by atoms with Crippen molar-refractivity contribution in [2.45, 2.75) is 13.5 Å². The van der Waals surface area contributed by atoms with Gasteiger partial charge in [-0.1, -0.05) is 60.7 Å². The highest BCUT2D eigenvalue weighted by Crippen LogP contribution is 2.31. The highest BCUT2D eigenvalue weighted by atomic mass is 14.9. The van der Waals surface area contributed by atoms with Crippen LogP contribution in [0.2, 0.25) is 0 Å². The highest BCUT2D eigenvalue weighted by molar-refractivity contribution is 6.06. The average Bonchev–Trinajstić information content (AvgIpc) is 3.12. The Morgan fingerprint density at radius 3 is 2.30 bits per heavy atom. The molecule has 0 bridgehead atoms. The van der Waals surface area contributed by atoms with Crippen molar-refractivity contribution in [1.82, 2.24) is 9.55 Å². The van der Waals surface area contributed by atoms with Crippen LogP contribution in [0.15, 0.2) is 91.1 Å². The molecule has 0 amide bonds. The van der Waals surface area contributed by atoms with Crippen molar-refractivity contribution < 1.29 is 0 Å². The summed E-state index contributed by atoms with van der Waals surface area (Å²) in [5.41, 5.74) is 7.09. The van der Waals surface area contributed by atoms with Gasteiger partial charge >= 0.3 is 0 Å². The first-order valence-electron chi connectivity index (χ1n) is 9.28. The van der Waals surface area contributed by atoms with Crippen molar-refractivity contribution in [3.63, 3.8) is 0 Å². The number of hydrogen-bond acceptors (Lipinski definition) is 1. The second-order valence-corrected chi connectivity index (χ2v) is 6.98. The molecule has 3 aromatic carbocycles. The molecule has 2 nitrogen and oxygen atoms in total. The van der Waals surface area contributed by atoms with E-state index in [1.165, 1.54) is 33.0 Å². The van der Waals surface area contributed by atoms with Crippen LogP contribution in [0.25, 0.3) is 32.9 Å². The molecule has 5 aromatic rings. The molecule has 0 aliphatic carbocycles. The fraction of sp³-hybridized carbons (Fsp3) is 0.0800. The van der Waals surface area contributed by atoms with E-state index >= 15 is 0 Å². The van der Waals surface area contributed by atoms with Crippen LogP contribution in [0, 0.1) is 6.92 Å². The molecule has 0 unspecified atom stereocenters. The monoisotopic (exact) mass is 348 g/mol. The van der Waals surface area contributed by atoms with Crippen LogP contribution in [-0.2, 0) is 6.54 Å². The number of pyridine rings is 1. The standard InChI is InChI=1S/C25H20N2/c1-18-22(20-10-6-3-7-11-20)16-23-21-14-15-27(17-19-8-4-2-5-9-19)25(21)13-12-24(23)26-18/h2-16H,17H2,1H3. The van der Waals surface area contributed by atoms with Crippen molar-refractivity contribution >= 4 is 21.8 Å². The Morgan fingerprint density at radius 2 is 1.52 bits per heavy atom. The van der Waals surface area contributed by atoms with Gasteiger partial charge in [0.15, 0.2) is 0 Å². The van der Waals surface area contributed by atoms with Crippen LogP contribution in [0.3, 0.4) is 0 Å². The summed E-state index contributed by atoms with van der Waals surface area (Å²) in [7, 11) is 0. The SMILES string of the molecule is Cc1nc2ccc3c(ccn3Cc3ccccc3)c2cc1-c1ccccc1. The topological polar surface area (TPSA) is 17.8 Å². The number of aromatic nitrogens is 2. The van der Waals surface area contributed by atoms with E-state index in [9.17, 15) is 0 Å². The van der Waals surface area contributed by atoms with E-state index in [4.69, 9.17) is 4.98 Å². The lowest BCUT2D eigenvalue weighted by Crippen LogP contribution is -1.97. The molecule has 2 heteroatoms. The Bertz CT molecular complexity index is 1240. The largest absolute Gasteiger partial charge is 0.343 e. The van der Waals surface area contributed by atoms with Crippen LogP contribution in [0.5, 0.6) is 0 Å². The highest BCUT2D eigenvalue weighted by Gasteiger charge is 2.10. The Hall–Kier alpha value is -3.39. The Morgan fingerprint density at radius 1 is 0.778 bits per heavy atom. The van der Waals surface area contributed by atoms with E-state index in [1.807, 2.05) is 0 Å². The summed E-state index contributed by atoms with van der Waals surface area (Å²) in [6.07, 6.45) is 2.18. The lowest BCUT2D eigenvalue weighted by molar-refractivity contribution is 0.837. The number of rotatable bonds is 3. The molecule has 0 fully saturated rings. The minimum absolute atomic E-state index is 0.876. The van der Waals surface area contributed by atoms with Crippen molar-refractivity contribution in [1.29, 1.82) is 0 Å². The van der Waals surface area contributed by atoms with Crippen molar-refractivity contribution in [2.24, 2.45) is 0 Å². The third-order valence-corrected chi connectivity index (χ3v) is 5.22. The first-order valence-corrected chi connectivity index (χ1v) is 9.28. The van der Waals surface area contributed by atoms with Gasteiger partial charge in [0.05, 0.1) is 5.52 Å². The summed E-state index contributed by atoms with van der Waals surface area (Å²) in [6.45, 7) is 2.97. The molecule has 0 saturated carbocycles. The number of nitrogens with zero attached hydrogens (tertiary/aromatic N) is 2. The van der Waals surface area contributed by atoms with Crippen LogP contribution < -0.4 is 0 Å². The summed E-state index contributed by atoms with van der Waals surface area (Å²) < 4.78 is 2.31. The van der Waals surface area contributed by atoms with E-state index in [2.05, 4.69) is 103 Å². The molecule has 2 aromatic heterocycles. The molecule has 0 radical (unpaired) electrons. The van der Waals surface area contributed by atoms with E-state index in [0.29, 0.717) is 0 Å². The van der Waals surface area contributed by atoms with Gasteiger partial charge < -0.3 is 4.57 Å². The predicted octanol–water partition coefficient (Wildman–Crippen LogP) is 6.21. The second kappa shape index (κ2) is 6.40. The Kier molecular flexibility index (Phi) is 3.75. The van der Waals surface area contributed by atoms with Gasteiger partial charge in [-0.25, -0.2) is 0 Å². The van der Waals surface area contributed by atoms with Gasteiger partial charge in [-0.3, -0.25) is 4.98 Å². The summed E-state index contributed by atoms with van der Waals surface area (Å²) in [6, 6.07) is 29.9. The molecule has 0 N–H and O–H groups in total. The molecule has 130 valence electrons. The van der Waals surface area contributed by atoms with Gasteiger partial charge in [-0.2, -0.15) is 0 Å². The summed E-state index contributed by atoms with van der Waals surface area (Å²) in [5, 5.41) is 2.47. The summed E-state index contributed by atoms with van der Waals surface area (Å²) in [4.78, 5) is 4.89. The van der Waals surface area contributed by atoms with E-state index < -0.39 is 0 Å². The summed E-state index contributed by atoms with van der Waals surface area (Å²) >= 11 is 0. The van der Waals surface area contributed by atoms with Crippen LogP contribution >= 0.6 is 0 Å². The van der Waals surface area contributed by atoms with Crippen molar-refractivity contribution in [3.8, 4) is 11.1 Å². The summed E-state index contributed by atoms with van der Waals surface area (Å²) in [5.74, 6) is 0. The maximum atomic E-state index is 4.89. The normalized spacial score (nSPS) is 11.3. The molecule has 0 aliphatic heterocycles. The van der Waals surface area contributed by atoms with Gasteiger partial charge in [0.2, 0.25) is 0 Å². The van der Waals surface area contributed by atoms with Gasteiger partial charge in [-0.05, 0) is 42.3 Å². The average molecular weight is 348 g/mol. The zero-order valence-electron chi connectivity index (χ0n) is 15.3. The molecular formula is C25H20N2. The molecule has 0 atom stereocenters. The number of benzene rings is 3. The molecule has 2 heterocycles. The van der Waals surface area contributed by atoms with E-state index in [1.54, 1.807) is 0 Å². The molecule has 0 saturated heterocycles. The lowest BCUT2D eigenvalue weighted by atomic mass is 10.0. The molecule has 0 aliphatic rings. The molecular weight excluding hydrogens is 328 g/mol. The van der Waals surface area contributed by atoms with Crippen molar-refractivity contribution in [2.75, 3.05) is 0 Å². The minimum Gasteiger partial charge on any atom is -0.343 e. The molecule has 27 heavy (non-hydrogen) atoms. The Labute approximate surface area is 158 Å². The second-order valence-electron chi connectivity index (χ2n) is 6.98. The van der Waals surface area contributed by atoms with Crippen molar-refractivity contribution in [3.05, 3.63) is 102 Å². The van der Waals surface area contributed by atoms with Gasteiger partial charge in [0.1, 0.15) is 0 Å². The first kappa shape index (κ1) is 15.8. The van der Waals surface area contributed by atoms with Crippen LogP contribution in [0.4, 0.5) is 0 Å². The predicted molar refractivity (Wildman–Crippen MR) is 113 cm³/mol. The van der Waals surface area contributed by atoms with Gasteiger partial charge in [-0.15, -0.1) is 0 Å². The van der Waals surface area contributed by atoms with Gasteiger partial charge in [0.25, 0.3) is 0 Å². The smallest absolute Gasteiger partial charge is 0.0713 e. The zero-order valence-corrected chi connectivity index (χ0v) is 15.3. The number of aryl methyl sites for hydroxylation is 1. The van der Waals surface area contributed by atoms with E-state index in [0.717, 1.165) is 17.8 Å². The van der Waals surface area contributed by atoms with Crippen LogP contribution in [-0.4, -0.2) is 9.55 Å². The molecule has 5 rings (SSSR count). The maximum Gasteiger partial charge on any atom is 0.0713 e. The van der Waals surface area contributed by atoms with Crippen LogP contribution in [0.1, 0.15) is 11.3 Å². The lowest BCUT2D eigenvalue weighted by Gasteiger charge is -2.10. The maximum absolute atomic E-state index is 4.89. The third-order valence-electron chi connectivity index (χ3n) is 5.22. The van der Waals surface area contributed by atoms with Gasteiger partial charge in [0, 0.05) is 40.3 Å². The Balaban J connectivity index is 1.68.